The molecule has 26 heavy (non-hydrogen) atoms. The number of hydrogen-bond donors (Lipinski definition) is 2. The first-order valence-electron chi connectivity index (χ1n) is 8.61. The fourth-order valence-corrected chi connectivity index (χ4v) is 3.72. The van der Waals surface area contributed by atoms with Crippen molar-refractivity contribution >= 4 is 29.1 Å². The molecular formula is C19H22N4O2S. The minimum atomic E-state index is -0.235. The summed E-state index contributed by atoms with van der Waals surface area (Å²) in [6, 6.07) is 11.2. The number of imide groups is 1. The number of thiophene rings is 1. The molecule has 0 radical (unpaired) electrons. The van der Waals surface area contributed by atoms with Gasteiger partial charge in [0.1, 0.15) is 0 Å². The molecule has 3 rings (SSSR count). The van der Waals surface area contributed by atoms with Crippen LogP contribution in [0.3, 0.4) is 0 Å². The minimum absolute atomic E-state index is 0.235. The summed E-state index contributed by atoms with van der Waals surface area (Å²) in [7, 11) is 1.70. The zero-order chi connectivity index (χ0) is 18.5. The SMILES string of the molecule is CCc1ccc(CNC(=NC)NCCN2C(=O)c3ccccc3C2=O)s1. The van der Waals surface area contributed by atoms with Gasteiger partial charge in [-0.2, -0.15) is 0 Å². The third kappa shape index (κ3) is 3.77. The molecular weight excluding hydrogens is 348 g/mol. The summed E-state index contributed by atoms with van der Waals surface area (Å²) in [6.07, 6.45) is 1.04. The van der Waals surface area contributed by atoms with Gasteiger partial charge in [-0.15, -0.1) is 11.3 Å². The molecule has 0 saturated carbocycles. The van der Waals surface area contributed by atoms with Gasteiger partial charge in [-0.1, -0.05) is 19.1 Å². The number of amides is 2. The monoisotopic (exact) mass is 370 g/mol. The first-order valence-corrected chi connectivity index (χ1v) is 9.43. The van der Waals surface area contributed by atoms with Crippen LogP contribution >= 0.6 is 11.3 Å². The van der Waals surface area contributed by atoms with Gasteiger partial charge in [0.15, 0.2) is 5.96 Å². The highest BCUT2D eigenvalue weighted by molar-refractivity contribution is 7.11. The topological polar surface area (TPSA) is 73.8 Å². The van der Waals surface area contributed by atoms with Gasteiger partial charge < -0.3 is 10.6 Å². The van der Waals surface area contributed by atoms with Crippen LogP contribution in [0, 0.1) is 0 Å². The van der Waals surface area contributed by atoms with Crippen LogP contribution in [0.25, 0.3) is 0 Å². The van der Waals surface area contributed by atoms with Crippen LogP contribution in [0.15, 0.2) is 41.4 Å². The van der Waals surface area contributed by atoms with Crippen molar-refractivity contribution in [2.45, 2.75) is 19.9 Å². The highest BCUT2D eigenvalue weighted by Crippen LogP contribution is 2.21. The number of carbonyl (C=O) groups is 2. The van der Waals surface area contributed by atoms with Crippen LogP contribution < -0.4 is 10.6 Å². The van der Waals surface area contributed by atoms with Crippen LogP contribution in [-0.4, -0.2) is 42.8 Å². The summed E-state index contributed by atoms with van der Waals surface area (Å²) >= 11 is 1.78. The lowest BCUT2D eigenvalue weighted by molar-refractivity contribution is 0.0657. The van der Waals surface area contributed by atoms with E-state index in [1.807, 2.05) is 0 Å². The van der Waals surface area contributed by atoms with Crippen LogP contribution in [0.1, 0.15) is 37.4 Å². The van der Waals surface area contributed by atoms with Crippen molar-refractivity contribution < 1.29 is 9.59 Å². The quantitative estimate of drug-likeness (QED) is 0.465. The number of fused-ring (bicyclic) bond motifs is 1. The molecule has 2 amide bonds. The number of aryl methyl sites for hydroxylation is 1. The minimum Gasteiger partial charge on any atom is -0.355 e. The van der Waals surface area contributed by atoms with Crippen LogP contribution in [0.4, 0.5) is 0 Å². The summed E-state index contributed by atoms with van der Waals surface area (Å²) in [5.41, 5.74) is 0.953. The molecule has 1 aliphatic heterocycles. The van der Waals surface area contributed by atoms with E-state index >= 15 is 0 Å². The summed E-state index contributed by atoms with van der Waals surface area (Å²) in [6.45, 7) is 3.57. The summed E-state index contributed by atoms with van der Waals surface area (Å²) < 4.78 is 0. The average Bonchev–Trinajstić information content (AvgIpc) is 3.23. The van der Waals surface area contributed by atoms with Crippen molar-refractivity contribution in [2.75, 3.05) is 20.1 Å². The van der Waals surface area contributed by atoms with Gasteiger partial charge in [-0.05, 0) is 30.7 Å². The molecule has 2 N–H and O–H groups in total. The van der Waals surface area contributed by atoms with E-state index in [0.29, 0.717) is 36.7 Å². The van der Waals surface area contributed by atoms with E-state index in [0.717, 1.165) is 6.42 Å². The molecule has 1 aromatic heterocycles. The van der Waals surface area contributed by atoms with Crippen molar-refractivity contribution in [2.24, 2.45) is 4.99 Å². The molecule has 0 saturated heterocycles. The Morgan fingerprint density at radius 3 is 2.27 bits per heavy atom. The Kier molecular flexibility index (Phi) is 5.68. The second-order valence-electron chi connectivity index (χ2n) is 5.88. The molecule has 0 bridgehead atoms. The standard InChI is InChI=1S/C19H22N4O2S/c1-3-13-8-9-14(26-13)12-22-19(20-2)21-10-11-23-17(24)15-6-4-5-7-16(15)18(23)25/h4-9H,3,10-12H2,1-2H3,(H2,20,21,22). The zero-order valence-electron chi connectivity index (χ0n) is 14.9. The Morgan fingerprint density at radius 2 is 1.69 bits per heavy atom. The van der Waals surface area contributed by atoms with E-state index in [1.165, 1.54) is 14.7 Å². The van der Waals surface area contributed by atoms with E-state index < -0.39 is 0 Å². The van der Waals surface area contributed by atoms with E-state index in [2.05, 4.69) is 34.7 Å². The zero-order valence-corrected chi connectivity index (χ0v) is 15.7. The maximum atomic E-state index is 12.3. The van der Waals surface area contributed by atoms with Gasteiger partial charge in [0.05, 0.1) is 17.7 Å². The molecule has 2 aromatic rings. The number of benzene rings is 1. The van der Waals surface area contributed by atoms with E-state index in [-0.39, 0.29) is 11.8 Å². The number of nitrogens with zero attached hydrogens (tertiary/aromatic N) is 2. The van der Waals surface area contributed by atoms with E-state index in [4.69, 9.17) is 0 Å². The first-order chi connectivity index (χ1) is 12.6. The Bertz CT molecular complexity index is 809. The molecule has 2 heterocycles. The van der Waals surface area contributed by atoms with Gasteiger partial charge in [-0.3, -0.25) is 19.5 Å². The Balaban J connectivity index is 1.49. The van der Waals surface area contributed by atoms with Gasteiger partial charge >= 0.3 is 0 Å². The molecule has 1 aromatic carbocycles. The third-order valence-corrected chi connectivity index (χ3v) is 5.46. The predicted molar refractivity (Wildman–Crippen MR) is 104 cm³/mol. The second-order valence-corrected chi connectivity index (χ2v) is 7.13. The maximum absolute atomic E-state index is 12.3. The number of nitrogens with one attached hydrogen (secondary N) is 2. The Hall–Kier alpha value is -2.67. The van der Waals surface area contributed by atoms with Gasteiger partial charge in [-0.25, -0.2) is 0 Å². The number of carbonyl (C=O) groups excluding carboxylic acids is 2. The fraction of sp³-hybridized carbons (Fsp3) is 0.316. The highest BCUT2D eigenvalue weighted by Gasteiger charge is 2.34. The van der Waals surface area contributed by atoms with Gasteiger partial charge in [0, 0.05) is 29.9 Å². The predicted octanol–water partition coefficient (Wildman–Crippen LogP) is 2.27. The van der Waals surface area contributed by atoms with Crippen molar-refractivity contribution in [1.82, 2.24) is 15.5 Å². The summed E-state index contributed by atoms with van der Waals surface area (Å²) in [5.74, 6) is 0.176. The van der Waals surface area contributed by atoms with Gasteiger partial charge in [0.25, 0.3) is 11.8 Å². The van der Waals surface area contributed by atoms with Crippen LogP contribution in [-0.2, 0) is 13.0 Å². The molecule has 1 aliphatic rings. The van der Waals surface area contributed by atoms with Crippen molar-refractivity contribution in [3.63, 3.8) is 0 Å². The maximum Gasteiger partial charge on any atom is 0.261 e. The highest BCUT2D eigenvalue weighted by atomic mass is 32.1. The molecule has 0 unspecified atom stereocenters. The average molecular weight is 370 g/mol. The molecule has 6 nitrogen and oxygen atoms in total. The number of aliphatic imine (C=N–C) groups is 1. The van der Waals surface area contributed by atoms with Crippen LogP contribution in [0.2, 0.25) is 0 Å². The third-order valence-electron chi connectivity index (χ3n) is 4.23. The van der Waals surface area contributed by atoms with Crippen molar-refractivity contribution in [3.05, 3.63) is 57.3 Å². The smallest absolute Gasteiger partial charge is 0.261 e. The lowest BCUT2D eigenvalue weighted by Gasteiger charge is -2.16. The molecule has 0 atom stereocenters. The molecule has 0 aliphatic carbocycles. The van der Waals surface area contributed by atoms with E-state index in [1.54, 1.807) is 42.6 Å². The first kappa shape index (κ1) is 18.1. The molecule has 136 valence electrons. The lowest BCUT2D eigenvalue weighted by atomic mass is 10.1. The molecule has 0 fully saturated rings. The summed E-state index contributed by atoms with van der Waals surface area (Å²) in [5, 5.41) is 6.40. The number of rotatable bonds is 6. The van der Waals surface area contributed by atoms with E-state index in [9.17, 15) is 9.59 Å². The molecule has 0 spiro atoms. The van der Waals surface area contributed by atoms with Crippen molar-refractivity contribution in [1.29, 1.82) is 0 Å². The Labute approximate surface area is 156 Å². The largest absolute Gasteiger partial charge is 0.355 e. The summed E-state index contributed by atoms with van der Waals surface area (Å²) in [4.78, 5) is 32.7. The molecule has 7 heteroatoms. The Morgan fingerprint density at radius 1 is 1.04 bits per heavy atom. The van der Waals surface area contributed by atoms with Crippen molar-refractivity contribution in [3.8, 4) is 0 Å². The fourth-order valence-electron chi connectivity index (χ4n) is 2.83. The lowest BCUT2D eigenvalue weighted by Crippen LogP contribution is -2.42. The number of guanidine groups is 1. The van der Waals surface area contributed by atoms with Gasteiger partial charge in [0.2, 0.25) is 0 Å². The number of hydrogen-bond acceptors (Lipinski definition) is 4. The second kappa shape index (κ2) is 8.14. The van der Waals surface area contributed by atoms with Crippen LogP contribution in [0.5, 0.6) is 0 Å². The normalized spacial score (nSPS) is 13.9.